The van der Waals surface area contributed by atoms with E-state index in [2.05, 4.69) is 10.2 Å². The number of aliphatic carboxylic acids is 1. The molecular formula is C9H15N3O2S. The van der Waals surface area contributed by atoms with E-state index in [1.54, 1.807) is 0 Å². The van der Waals surface area contributed by atoms with E-state index in [4.69, 9.17) is 5.11 Å². The molecule has 0 aromatic carbocycles. The number of carbonyl (C=O) groups is 1. The number of anilines is 1. The smallest absolute Gasteiger partial charge is 0.305 e. The van der Waals surface area contributed by atoms with Gasteiger partial charge in [0.25, 0.3) is 0 Å². The van der Waals surface area contributed by atoms with Crippen molar-refractivity contribution in [1.29, 1.82) is 0 Å². The molecule has 1 aromatic rings. The van der Waals surface area contributed by atoms with Crippen molar-refractivity contribution in [3.8, 4) is 0 Å². The highest BCUT2D eigenvalue weighted by molar-refractivity contribution is 7.15. The second kappa shape index (κ2) is 5.06. The van der Waals surface area contributed by atoms with Crippen molar-refractivity contribution in [3.63, 3.8) is 0 Å². The Morgan fingerprint density at radius 3 is 2.60 bits per heavy atom. The van der Waals surface area contributed by atoms with Crippen molar-refractivity contribution >= 4 is 22.4 Å². The van der Waals surface area contributed by atoms with Crippen LogP contribution in [0.2, 0.25) is 0 Å². The quantitative estimate of drug-likeness (QED) is 0.829. The predicted octanol–water partition coefficient (Wildman–Crippen LogP) is 1.54. The number of nitrogens with zero attached hydrogens (tertiary/aromatic N) is 3. The molecule has 0 aliphatic carbocycles. The van der Waals surface area contributed by atoms with Crippen LogP contribution in [-0.2, 0) is 4.79 Å². The Morgan fingerprint density at radius 1 is 1.53 bits per heavy atom. The molecule has 0 unspecified atom stereocenters. The minimum Gasteiger partial charge on any atom is -0.481 e. The maximum Gasteiger partial charge on any atom is 0.305 e. The molecule has 0 bridgehead atoms. The first-order valence-corrected chi connectivity index (χ1v) is 5.61. The van der Waals surface area contributed by atoms with Crippen molar-refractivity contribution in [2.24, 2.45) is 0 Å². The molecule has 5 nitrogen and oxygen atoms in total. The van der Waals surface area contributed by atoms with Crippen LogP contribution < -0.4 is 4.90 Å². The summed E-state index contributed by atoms with van der Waals surface area (Å²) in [4.78, 5) is 12.5. The summed E-state index contributed by atoms with van der Waals surface area (Å²) < 4.78 is 0. The summed E-state index contributed by atoms with van der Waals surface area (Å²) in [6.07, 6.45) is 0.122. The highest BCUT2D eigenvalue weighted by atomic mass is 32.1. The van der Waals surface area contributed by atoms with Gasteiger partial charge in [0.05, 0.1) is 6.42 Å². The van der Waals surface area contributed by atoms with Gasteiger partial charge >= 0.3 is 5.97 Å². The molecule has 6 heteroatoms. The molecule has 1 aromatic heterocycles. The van der Waals surface area contributed by atoms with Gasteiger partial charge < -0.3 is 10.0 Å². The average Bonchev–Trinajstić information content (AvgIpc) is 2.51. The van der Waals surface area contributed by atoms with Crippen molar-refractivity contribution in [1.82, 2.24) is 10.2 Å². The second-order valence-electron chi connectivity index (χ2n) is 3.53. The van der Waals surface area contributed by atoms with Crippen LogP contribution in [0.5, 0.6) is 0 Å². The third-order valence-electron chi connectivity index (χ3n) is 1.95. The van der Waals surface area contributed by atoms with Crippen LogP contribution in [0.1, 0.15) is 25.3 Å². The SMILES string of the molecule is Cc1nnc(N(CCC(=O)O)C(C)C)s1. The molecule has 0 radical (unpaired) electrons. The number of carboxylic acids is 1. The Kier molecular flexibility index (Phi) is 4.02. The van der Waals surface area contributed by atoms with Gasteiger partial charge in [-0.3, -0.25) is 4.79 Å². The molecule has 15 heavy (non-hydrogen) atoms. The first kappa shape index (κ1) is 11.9. The van der Waals surface area contributed by atoms with Gasteiger partial charge in [0.1, 0.15) is 5.01 Å². The molecule has 0 aliphatic heterocycles. The van der Waals surface area contributed by atoms with E-state index < -0.39 is 5.97 Å². The molecule has 0 amide bonds. The molecular weight excluding hydrogens is 214 g/mol. The van der Waals surface area contributed by atoms with E-state index in [9.17, 15) is 4.79 Å². The van der Waals surface area contributed by atoms with Crippen LogP contribution in [0.4, 0.5) is 5.13 Å². The zero-order valence-electron chi connectivity index (χ0n) is 9.10. The fourth-order valence-electron chi connectivity index (χ4n) is 1.19. The predicted molar refractivity (Wildman–Crippen MR) is 59.4 cm³/mol. The van der Waals surface area contributed by atoms with E-state index in [1.807, 2.05) is 25.7 Å². The molecule has 0 atom stereocenters. The van der Waals surface area contributed by atoms with Gasteiger partial charge in [-0.1, -0.05) is 11.3 Å². The fourth-order valence-corrected chi connectivity index (χ4v) is 2.04. The normalized spacial score (nSPS) is 10.7. The Balaban J connectivity index is 2.70. The highest BCUT2D eigenvalue weighted by Crippen LogP contribution is 2.21. The molecule has 0 saturated carbocycles. The molecule has 0 saturated heterocycles. The lowest BCUT2D eigenvalue weighted by molar-refractivity contribution is -0.136. The van der Waals surface area contributed by atoms with E-state index in [1.165, 1.54) is 11.3 Å². The Morgan fingerprint density at radius 2 is 2.20 bits per heavy atom. The molecule has 0 aliphatic rings. The largest absolute Gasteiger partial charge is 0.481 e. The monoisotopic (exact) mass is 229 g/mol. The minimum atomic E-state index is -0.790. The van der Waals surface area contributed by atoms with Gasteiger partial charge in [-0.05, 0) is 20.8 Å². The van der Waals surface area contributed by atoms with Gasteiger partial charge in [-0.2, -0.15) is 0 Å². The lowest BCUT2D eigenvalue weighted by Gasteiger charge is -2.24. The summed E-state index contributed by atoms with van der Waals surface area (Å²) in [6.45, 7) is 6.38. The molecule has 1 rings (SSSR count). The Labute approximate surface area is 92.7 Å². The summed E-state index contributed by atoms with van der Waals surface area (Å²) >= 11 is 1.49. The van der Waals surface area contributed by atoms with Crippen molar-refractivity contribution in [3.05, 3.63) is 5.01 Å². The van der Waals surface area contributed by atoms with Crippen molar-refractivity contribution < 1.29 is 9.90 Å². The molecule has 1 N–H and O–H groups in total. The molecule has 1 heterocycles. The molecule has 0 spiro atoms. The summed E-state index contributed by atoms with van der Waals surface area (Å²) in [5.74, 6) is -0.790. The summed E-state index contributed by atoms with van der Waals surface area (Å²) in [5, 5.41) is 18.3. The van der Waals surface area contributed by atoms with Gasteiger partial charge in [0.2, 0.25) is 5.13 Å². The van der Waals surface area contributed by atoms with Gasteiger partial charge in [0.15, 0.2) is 0 Å². The summed E-state index contributed by atoms with van der Waals surface area (Å²) in [6, 6.07) is 0.233. The summed E-state index contributed by atoms with van der Waals surface area (Å²) in [5.41, 5.74) is 0. The van der Waals surface area contributed by atoms with E-state index in [0.29, 0.717) is 6.54 Å². The minimum absolute atomic E-state index is 0.122. The first-order chi connectivity index (χ1) is 7.00. The highest BCUT2D eigenvalue weighted by Gasteiger charge is 2.15. The average molecular weight is 229 g/mol. The van der Waals surface area contributed by atoms with E-state index >= 15 is 0 Å². The Bertz CT molecular complexity index is 338. The third-order valence-corrected chi connectivity index (χ3v) is 2.83. The standard InChI is InChI=1S/C9H15N3O2S/c1-6(2)12(5-4-8(13)14)9-11-10-7(3)15-9/h6H,4-5H2,1-3H3,(H,13,14). The van der Waals surface area contributed by atoms with Crippen LogP contribution in [0.25, 0.3) is 0 Å². The first-order valence-electron chi connectivity index (χ1n) is 4.79. The van der Waals surface area contributed by atoms with Crippen LogP contribution >= 0.6 is 11.3 Å². The van der Waals surface area contributed by atoms with Crippen LogP contribution in [0.15, 0.2) is 0 Å². The maximum absolute atomic E-state index is 10.5. The second-order valence-corrected chi connectivity index (χ2v) is 4.69. The van der Waals surface area contributed by atoms with Crippen molar-refractivity contribution in [2.45, 2.75) is 33.2 Å². The lowest BCUT2D eigenvalue weighted by Crippen LogP contribution is -2.32. The zero-order valence-corrected chi connectivity index (χ0v) is 9.91. The number of rotatable bonds is 5. The molecule has 84 valence electrons. The summed E-state index contributed by atoms with van der Waals surface area (Å²) in [7, 11) is 0. The maximum atomic E-state index is 10.5. The topological polar surface area (TPSA) is 66.3 Å². The number of hydrogen-bond donors (Lipinski definition) is 1. The zero-order chi connectivity index (χ0) is 11.4. The number of carboxylic acid groups (broad SMARTS) is 1. The molecule has 0 fully saturated rings. The van der Waals surface area contributed by atoms with Gasteiger partial charge in [-0.15, -0.1) is 10.2 Å². The number of hydrogen-bond acceptors (Lipinski definition) is 5. The number of aryl methyl sites for hydroxylation is 1. The number of aromatic nitrogens is 2. The van der Waals surface area contributed by atoms with Crippen molar-refractivity contribution in [2.75, 3.05) is 11.4 Å². The lowest BCUT2D eigenvalue weighted by atomic mass is 10.3. The van der Waals surface area contributed by atoms with E-state index in [-0.39, 0.29) is 12.5 Å². The van der Waals surface area contributed by atoms with Crippen LogP contribution in [0, 0.1) is 6.92 Å². The van der Waals surface area contributed by atoms with Crippen LogP contribution in [0.3, 0.4) is 0 Å². The Hall–Kier alpha value is -1.17. The van der Waals surface area contributed by atoms with Gasteiger partial charge in [0, 0.05) is 12.6 Å². The van der Waals surface area contributed by atoms with E-state index in [0.717, 1.165) is 10.1 Å². The fraction of sp³-hybridized carbons (Fsp3) is 0.667. The third kappa shape index (κ3) is 3.47. The van der Waals surface area contributed by atoms with Gasteiger partial charge in [-0.25, -0.2) is 0 Å². The van der Waals surface area contributed by atoms with Crippen LogP contribution in [-0.4, -0.2) is 33.9 Å².